The van der Waals surface area contributed by atoms with Crippen LogP contribution in [0.2, 0.25) is 0 Å². The summed E-state index contributed by atoms with van der Waals surface area (Å²) in [5, 5.41) is 13.3. The first-order valence-electron chi connectivity index (χ1n) is 5.01. The van der Waals surface area contributed by atoms with Gasteiger partial charge < -0.3 is 25.2 Å². The Morgan fingerprint density at radius 3 is 2.75 bits per heavy atom. The van der Waals surface area contributed by atoms with E-state index < -0.39 is 17.9 Å². The molecule has 0 spiro atoms. The molecular formula is C9H14N2O5. The van der Waals surface area contributed by atoms with Crippen LogP contribution in [0.25, 0.3) is 0 Å². The number of nitrogens with one attached hydrogen (secondary N) is 2. The maximum absolute atomic E-state index is 11.2. The molecule has 16 heavy (non-hydrogen) atoms. The van der Waals surface area contributed by atoms with Crippen molar-refractivity contribution in [2.24, 2.45) is 0 Å². The van der Waals surface area contributed by atoms with Crippen LogP contribution in [-0.4, -0.2) is 47.7 Å². The molecule has 3 N–H and O–H groups in total. The van der Waals surface area contributed by atoms with Gasteiger partial charge in [0.25, 0.3) is 0 Å². The lowest BCUT2D eigenvalue weighted by Gasteiger charge is -2.39. The average Bonchev–Trinajstić information content (AvgIpc) is 2.51. The molecule has 2 aliphatic heterocycles. The minimum Gasteiger partial charge on any atom is -0.465 e. The first-order chi connectivity index (χ1) is 7.39. The molecule has 0 bridgehead atoms. The highest BCUT2D eigenvalue weighted by atomic mass is 16.7. The van der Waals surface area contributed by atoms with Gasteiger partial charge in [-0.1, -0.05) is 0 Å². The first kappa shape index (κ1) is 11.2. The van der Waals surface area contributed by atoms with Gasteiger partial charge in [-0.2, -0.15) is 0 Å². The standard InChI is InChI=1S/C9H14N2O5/c1-9(2)15-3-4(16-9)5-6(7(12)10-5)11-8(13)14/h4-6,11H,3H2,1-2H3,(H,10,12)(H,13,14)/t4-,5+,6-/m1/s1. The predicted octanol–water partition coefficient (Wildman–Crippen LogP) is -0.727. The molecule has 0 radical (unpaired) electrons. The van der Waals surface area contributed by atoms with Crippen molar-refractivity contribution in [3.8, 4) is 0 Å². The number of hydrogen-bond donors (Lipinski definition) is 3. The molecule has 2 heterocycles. The Hall–Kier alpha value is -1.34. The first-order valence-corrected chi connectivity index (χ1v) is 5.01. The Morgan fingerprint density at radius 2 is 2.31 bits per heavy atom. The fourth-order valence-corrected chi connectivity index (χ4v) is 1.89. The van der Waals surface area contributed by atoms with Crippen molar-refractivity contribution in [1.29, 1.82) is 0 Å². The molecule has 90 valence electrons. The van der Waals surface area contributed by atoms with Crippen molar-refractivity contribution in [2.45, 2.75) is 37.8 Å². The fourth-order valence-electron chi connectivity index (χ4n) is 1.89. The molecule has 0 unspecified atom stereocenters. The third kappa shape index (κ3) is 1.96. The number of β-lactam (4-membered cyclic amide) rings is 1. The van der Waals surface area contributed by atoms with E-state index in [-0.39, 0.29) is 18.1 Å². The zero-order valence-corrected chi connectivity index (χ0v) is 9.02. The van der Waals surface area contributed by atoms with Crippen LogP contribution in [0.1, 0.15) is 13.8 Å². The van der Waals surface area contributed by atoms with Gasteiger partial charge in [-0.25, -0.2) is 4.79 Å². The van der Waals surface area contributed by atoms with Crippen LogP contribution >= 0.6 is 0 Å². The summed E-state index contributed by atoms with van der Waals surface area (Å²) >= 11 is 0. The summed E-state index contributed by atoms with van der Waals surface area (Å²) in [6.07, 6.45) is -1.53. The van der Waals surface area contributed by atoms with Gasteiger partial charge in [0.1, 0.15) is 12.1 Å². The van der Waals surface area contributed by atoms with Gasteiger partial charge in [0.2, 0.25) is 5.91 Å². The molecule has 2 rings (SSSR count). The van der Waals surface area contributed by atoms with Crippen LogP contribution < -0.4 is 10.6 Å². The minimum atomic E-state index is -1.22. The molecular weight excluding hydrogens is 216 g/mol. The Morgan fingerprint density at radius 1 is 1.62 bits per heavy atom. The van der Waals surface area contributed by atoms with E-state index in [1.807, 2.05) is 0 Å². The lowest BCUT2D eigenvalue weighted by Crippen LogP contribution is -2.73. The van der Waals surface area contributed by atoms with E-state index in [9.17, 15) is 9.59 Å². The third-order valence-electron chi connectivity index (χ3n) is 2.66. The second-order valence-electron chi connectivity index (χ2n) is 4.33. The van der Waals surface area contributed by atoms with Crippen molar-refractivity contribution in [3.05, 3.63) is 0 Å². The van der Waals surface area contributed by atoms with E-state index >= 15 is 0 Å². The van der Waals surface area contributed by atoms with Crippen molar-refractivity contribution in [3.63, 3.8) is 0 Å². The highest BCUT2D eigenvalue weighted by Crippen LogP contribution is 2.27. The second-order valence-corrected chi connectivity index (χ2v) is 4.33. The number of carbonyl (C=O) groups is 2. The van der Waals surface area contributed by atoms with Crippen molar-refractivity contribution in [2.75, 3.05) is 6.61 Å². The number of rotatable bonds is 2. The van der Waals surface area contributed by atoms with E-state index in [0.29, 0.717) is 6.61 Å². The predicted molar refractivity (Wildman–Crippen MR) is 51.8 cm³/mol. The molecule has 0 aromatic rings. The van der Waals surface area contributed by atoms with E-state index in [4.69, 9.17) is 14.6 Å². The molecule has 0 saturated carbocycles. The highest BCUT2D eigenvalue weighted by molar-refractivity contribution is 5.92. The number of hydrogen-bond acceptors (Lipinski definition) is 4. The lowest BCUT2D eigenvalue weighted by atomic mass is 9.94. The number of amides is 2. The van der Waals surface area contributed by atoms with Crippen LogP contribution in [0.5, 0.6) is 0 Å². The summed E-state index contributed by atoms with van der Waals surface area (Å²) < 4.78 is 10.9. The van der Waals surface area contributed by atoms with Crippen LogP contribution in [0.4, 0.5) is 4.79 Å². The van der Waals surface area contributed by atoms with E-state index in [1.165, 1.54) is 0 Å². The maximum atomic E-state index is 11.2. The number of ether oxygens (including phenoxy) is 2. The summed E-state index contributed by atoms with van der Waals surface area (Å²) in [4.78, 5) is 21.6. The van der Waals surface area contributed by atoms with Crippen LogP contribution in [0, 0.1) is 0 Å². The number of carboxylic acid groups (broad SMARTS) is 1. The Labute approximate surface area is 92.1 Å². The molecule has 3 atom stereocenters. The molecule has 2 amide bonds. The Balaban J connectivity index is 1.96. The van der Waals surface area contributed by atoms with E-state index in [1.54, 1.807) is 13.8 Å². The van der Waals surface area contributed by atoms with Crippen LogP contribution in [-0.2, 0) is 14.3 Å². The minimum absolute atomic E-state index is 0.315. The molecule has 0 aromatic heterocycles. The Kier molecular flexibility index (Phi) is 2.51. The summed E-state index contributed by atoms with van der Waals surface area (Å²) in [6, 6.07) is -1.11. The molecule has 2 saturated heterocycles. The topological polar surface area (TPSA) is 96.9 Å². The quantitative estimate of drug-likeness (QED) is 0.543. The van der Waals surface area contributed by atoms with Gasteiger partial charge in [-0.3, -0.25) is 4.79 Å². The maximum Gasteiger partial charge on any atom is 0.405 e. The molecule has 7 nitrogen and oxygen atoms in total. The zero-order chi connectivity index (χ0) is 11.9. The SMILES string of the molecule is CC1(C)OC[C@H]([C@@H]2NC(=O)[C@@H]2NC(=O)O)O1. The van der Waals surface area contributed by atoms with E-state index in [2.05, 4.69) is 10.6 Å². The zero-order valence-electron chi connectivity index (χ0n) is 9.02. The smallest absolute Gasteiger partial charge is 0.405 e. The highest BCUT2D eigenvalue weighted by Gasteiger charge is 2.49. The molecule has 7 heteroatoms. The lowest BCUT2D eigenvalue weighted by molar-refractivity contribution is -0.153. The van der Waals surface area contributed by atoms with Crippen molar-refractivity contribution >= 4 is 12.0 Å². The second kappa shape index (κ2) is 3.60. The van der Waals surface area contributed by atoms with Gasteiger partial charge in [0.15, 0.2) is 5.79 Å². The van der Waals surface area contributed by atoms with Crippen molar-refractivity contribution in [1.82, 2.24) is 10.6 Å². The average molecular weight is 230 g/mol. The van der Waals surface area contributed by atoms with Gasteiger partial charge in [-0.05, 0) is 13.8 Å². The molecule has 0 aliphatic carbocycles. The monoisotopic (exact) mass is 230 g/mol. The van der Waals surface area contributed by atoms with Crippen LogP contribution in [0.15, 0.2) is 0 Å². The van der Waals surface area contributed by atoms with Gasteiger partial charge in [0, 0.05) is 0 Å². The molecule has 2 fully saturated rings. The summed E-state index contributed by atoms with van der Waals surface area (Å²) in [7, 11) is 0. The van der Waals surface area contributed by atoms with E-state index in [0.717, 1.165) is 0 Å². The molecule has 2 aliphatic rings. The fraction of sp³-hybridized carbons (Fsp3) is 0.778. The van der Waals surface area contributed by atoms with Gasteiger partial charge in [-0.15, -0.1) is 0 Å². The third-order valence-corrected chi connectivity index (χ3v) is 2.66. The normalized spacial score (nSPS) is 36.4. The summed E-state index contributed by atoms with van der Waals surface area (Å²) in [5.74, 6) is -1.01. The van der Waals surface area contributed by atoms with Gasteiger partial charge in [0.05, 0.1) is 12.6 Å². The largest absolute Gasteiger partial charge is 0.465 e. The summed E-state index contributed by atoms with van der Waals surface area (Å²) in [5.41, 5.74) is 0. The summed E-state index contributed by atoms with van der Waals surface area (Å²) in [6.45, 7) is 3.88. The number of carbonyl (C=O) groups excluding carboxylic acids is 1. The van der Waals surface area contributed by atoms with Crippen LogP contribution in [0.3, 0.4) is 0 Å². The van der Waals surface area contributed by atoms with Gasteiger partial charge >= 0.3 is 6.09 Å². The molecule has 0 aromatic carbocycles. The Bertz CT molecular complexity index is 330. The van der Waals surface area contributed by atoms with Crippen molar-refractivity contribution < 1.29 is 24.2 Å².